The Balaban J connectivity index is 1.88. The number of carbonyl (C=O) groups excluding carboxylic acids is 1. The lowest BCUT2D eigenvalue weighted by Gasteiger charge is -2.07. The molecule has 3 aromatic carbocycles. The topological polar surface area (TPSA) is 52.9 Å². The third-order valence-corrected chi connectivity index (χ3v) is 3.69. The second kappa shape index (κ2) is 5.88. The Kier molecular flexibility index (Phi) is 3.78. The quantitative estimate of drug-likeness (QED) is 0.751. The first-order valence-corrected chi connectivity index (χ1v) is 7.05. The van der Waals surface area contributed by atoms with E-state index < -0.39 is 0 Å². The van der Waals surface area contributed by atoms with E-state index >= 15 is 0 Å². The molecule has 106 valence electrons. The lowest BCUT2D eigenvalue weighted by Crippen LogP contribution is -2.11. The molecule has 0 aromatic heterocycles. The van der Waals surface area contributed by atoms with E-state index in [1.807, 2.05) is 42.5 Å². The Morgan fingerprint density at radius 1 is 1.00 bits per heavy atom. The van der Waals surface area contributed by atoms with E-state index in [1.165, 1.54) is 0 Å². The second-order valence-corrected chi connectivity index (χ2v) is 5.23. The average molecular weight is 307 g/mol. The van der Waals surface area contributed by atoms with Crippen molar-refractivity contribution in [2.75, 3.05) is 5.32 Å². The maximum Gasteiger partial charge on any atom is 0.255 e. The Morgan fingerprint density at radius 3 is 2.55 bits per heavy atom. The number of fused-ring (bicyclic) bond motifs is 1. The van der Waals surface area contributed by atoms with Crippen LogP contribution in [-0.4, -0.2) is 5.91 Å². The summed E-state index contributed by atoms with van der Waals surface area (Å²) in [4.78, 5) is 12.3. The van der Waals surface area contributed by atoms with E-state index in [1.54, 1.807) is 24.3 Å². The van der Waals surface area contributed by atoms with Gasteiger partial charge in [-0.05, 0) is 41.1 Å². The van der Waals surface area contributed by atoms with Crippen LogP contribution in [0.2, 0.25) is 5.02 Å². The second-order valence-electron chi connectivity index (χ2n) is 4.82. The van der Waals surface area contributed by atoms with Crippen molar-refractivity contribution in [2.45, 2.75) is 0 Å². The van der Waals surface area contributed by atoms with Gasteiger partial charge in [-0.25, -0.2) is 0 Å². The van der Waals surface area contributed by atoms with Gasteiger partial charge in [0.15, 0.2) is 0 Å². The van der Waals surface area contributed by atoms with Crippen molar-refractivity contribution in [3.63, 3.8) is 0 Å². The number of benzene rings is 3. The highest BCUT2D eigenvalue weighted by molar-refractivity contribution is 6.31. The molecule has 1 amide bonds. The molecule has 0 atom stereocenters. The van der Waals surface area contributed by atoms with Crippen LogP contribution in [0.25, 0.3) is 10.8 Å². The predicted molar refractivity (Wildman–Crippen MR) is 88.1 cm³/mol. The lowest BCUT2D eigenvalue weighted by atomic mass is 10.1. The van der Waals surface area contributed by atoms with Crippen molar-refractivity contribution >= 4 is 34.0 Å². The minimum Gasteiger partial charge on any atom is -0.322 e. The van der Waals surface area contributed by atoms with E-state index in [0.29, 0.717) is 21.8 Å². The van der Waals surface area contributed by atoms with E-state index in [-0.39, 0.29) is 5.91 Å². The number of anilines is 1. The van der Waals surface area contributed by atoms with Crippen molar-refractivity contribution in [1.29, 1.82) is 5.26 Å². The fourth-order valence-corrected chi connectivity index (χ4v) is 2.38. The molecule has 0 unspecified atom stereocenters. The van der Waals surface area contributed by atoms with Gasteiger partial charge in [0.05, 0.1) is 10.6 Å². The first-order chi connectivity index (χ1) is 10.7. The smallest absolute Gasteiger partial charge is 0.255 e. The zero-order chi connectivity index (χ0) is 15.5. The Bertz CT molecular complexity index is 912. The molecule has 0 aliphatic heterocycles. The molecule has 0 saturated heterocycles. The lowest BCUT2D eigenvalue weighted by molar-refractivity contribution is 0.102. The van der Waals surface area contributed by atoms with Gasteiger partial charge in [0.2, 0.25) is 0 Å². The van der Waals surface area contributed by atoms with Crippen LogP contribution < -0.4 is 5.32 Å². The molecular weight excluding hydrogens is 296 g/mol. The molecule has 0 radical (unpaired) electrons. The first-order valence-electron chi connectivity index (χ1n) is 6.67. The van der Waals surface area contributed by atoms with Crippen LogP contribution in [0.15, 0.2) is 60.7 Å². The van der Waals surface area contributed by atoms with Gasteiger partial charge in [0, 0.05) is 11.3 Å². The standard InChI is InChI=1S/C18H11ClN2O/c19-17-8-7-16(10-15(17)11-20)21-18(22)14-6-5-12-3-1-2-4-13(12)9-14/h1-10H,(H,21,22). The Hall–Kier alpha value is -2.83. The maximum absolute atomic E-state index is 12.3. The molecule has 0 saturated carbocycles. The van der Waals surface area contributed by atoms with Crippen molar-refractivity contribution in [3.8, 4) is 6.07 Å². The van der Waals surface area contributed by atoms with Gasteiger partial charge in [0.25, 0.3) is 5.91 Å². The van der Waals surface area contributed by atoms with Crippen molar-refractivity contribution < 1.29 is 4.79 Å². The normalized spacial score (nSPS) is 10.2. The number of rotatable bonds is 2. The molecule has 0 fully saturated rings. The van der Waals surface area contributed by atoms with Crippen LogP contribution in [-0.2, 0) is 0 Å². The van der Waals surface area contributed by atoms with Gasteiger partial charge < -0.3 is 5.32 Å². The SMILES string of the molecule is N#Cc1cc(NC(=O)c2ccc3ccccc3c2)ccc1Cl. The summed E-state index contributed by atoms with van der Waals surface area (Å²) in [6.07, 6.45) is 0. The molecule has 3 rings (SSSR count). The van der Waals surface area contributed by atoms with Crippen LogP contribution >= 0.6 is 11.6 Å². The van der Waals surface area contributed by atoms with Crippen LogP contribution in [0.3, 0.4) is 0 Å². The van der Waals surface area contributed by atoms with Crippen molar-refractivity contribution in [2.24, 2.45) is 0 Å². The van der Waals surface area contributed by atoms with Gasteiger partial charge in [0.1, 0.15) is 6.07 Å². The number of nitrogens with one attached hydrogen (secondary N) is 1. The molecule has 0 aliphatic rings. The molecule has 0 heterocycles. The Labute approximate surface area is 132 Å². The summed E-state index contributed by atoms with van der Waals surface area (Å²) in [7, 11) is 0. The molecular formula is C18H11ClN2O. The number of carbonyl (C=O) groups is 1. The van der Waals surface area contributed by atoms with E-state index in [2.05, 4.69) is 5.32 Å². The van der Waals surface area contributed by atoms with Crippen molar-refractivity contribution in [1.82, 2.24) is 0 Å². The minimum atomic E-state index is -0.225. The number of nitriles is 1. The summed E-state index contributed by atoms with van der Waals surface area (Å²) in [5.41, 5.74) is 1.43. The van der Waals surface area contributed by atoms with Crippen LogP contribution in [0.4, 0.5) is 5.69 Å². The number of nitrogens with zero attached hydrogens (tertiary/aromatic N) is 1. The van der Waals surface area contributed by atoms with Crippen LogP contribution in [0, 0.1) is 11.3 Å². The van der Waals surface area contributed by atoms with Crippen LogP contribution in [0.1, 0.15) is 15.9 Å². The monoisotopic (exact) mass is 306 g/mol. The Morgan fingerprint density at radius 2 is 1.77 bits per heavy atom. The summed E-state index contributed by atoms with van der Waals surface area (Å²) in [5.74, 6) is -0.225. The molecule has 3 nitrogen and oxygen atoms in total. The fourth-order valence-electron chi connectivity index (χ4n) is 2.22. The molecule has 1 N–H and O–H groups in total. The van der Waals surface area contributed by atoms with E-state index in [4.69, 9.17) is 16.9 Å². The summed E-state index contributed by atoms with van der Waals surface area (Å²) < 4.78 is 0. The van der Waals surface area contributed by atoms with Gasteiger partial charge in [-0.1, -0.05) is 41.9 Å². The molecule has 0 spiro atoms. The zero-order valence-electron chi connectivity index (χ0n) is 11.5. The maximum atomic E-state index is 12.3. The number of hydrogen-bond acceptors (Lipinski definition) is 2. The van der Waals surface area contributed by atoms with Gasteiger partial charge in [-0.3, -0.25) is 4.79 Å². The number of amides is 1. The van der Waals surface area contributed by atoms with Crippen LogP contribution in [0.5, 0.6) is 0 Å². The third kappa shape index (κ3) is 2.78. The number of hydrogen-bond donors (Lipinski definition) is 1. The third-order valence-electron chi connectivity index (χ3n) is 3.36. The number of halogens is 1. The highest BCUT2D eigenvalue weighted by atomic mass is 35.5. The fraction of sp³-hybridized carbons (Fsp3) is 0. The highest BCUT2D eigenvalue weighted by Gasteiger charge is 2.08. The molecule has 22 heavy (non-hydrogen) atoms. The summed E-state index contributed by atoms with van der Waals surface area (Å²) in [5, 5.41) is 14.2. The zero-order valence-corrected chi connectivity index (χ0v) is 12.3. The minimum absolute atomic E-state index is 0.225. The summed E-state index contributed by atoms with van der Waals surface area (Å²) in [6, 6.07) is 20.2. The molecule has 3 aromatic rings. The van der Waals surface area contributed by atoms with Gasteiger partial charge >= 0.3 is 0 Å². The first kappa shape index (κ1) is 14.1. The summed E-state index contributed by atoms with van der Waals surface area (Å²) >= 11 is 5.88. The molecule has 4 heteroatoms. The highest BCUT2D eigenvalue weighted by Crippen LogP contribution is 2.21. The molecule has 0 aliphatic carbocycles. The van der Waals surface area contributed by atoms with Gasteiger partial charge in [-0.15, -0.1) is 0 Å². The largest absolute Gasteiger partial charge is 0.322 e. The molecule has 0 bridgehead atoms. The average Bonchev–Trinajstić information content (AvgIpc) is 2.56. The predicted octanol–water partition coefficient (Wildman–Crippen LogP) is 4.62. The summed E-state index contributed by atoms with van der Waals surface area (Å²) in [6.45, 7) is 0. The van der Waals surface area contributed by atoms with Crippen molar-refractivity contribution in [3.05, 3.63) is 76.8 Å². The van der Waals surface area contributed by atoms with Gasteiger partial charge in [-0.2, -0.15) is 5.26 Å². The van der Waals surface area contributed by atoms with E-state index in [9.17, 15) is 4.79 Å². The van der Waals surface area contributed by atoms with E-state index in [0.717, 1.165) is 10.8 Å².